The van der Waals surface area contributed by atoms with Gasteiger partial charge in [0.05, 0.1) is 22.5 Å². The zero-order valence-electron chi connectivity index (χ0n) is 12.2. The van der Waals surface area contributed by atoms with Crippen LogP contribution in [0.25, 0.3) is 0 Å². The third-order valence-electron chi connectivity index (χ3n) is 5.01. The molecule has 4 unspecified atom stereocenters. The minimum atomic E-state index is -0.417. The maximum Gasteiger partial charge on any atom is 0.244 e. The summed E-state index contributed by atoms with van der Waals surface area (Å²) in [4.78, 5) is 38.3. The highest BCUT2D eigenvalue weighted by Gasteiger charge is 2.59. The van der Waals surface area contributed by atoms with Crippen LogP contribution in [0.5, 0.6) is 0 Å². The Morgan fingerprint density at radius 1 is 1.13 bits per heavy atom. The average molecular weight is 331 g/mol. The first-order chi connectivity index (χ1) is 11.1. The highest BCUT2D eigenvalue weighted by Crippen LogP contribution is 2.52. The number of allylic oxidation sites excluding steroid dienone is 2. The zero-order valence-corrected chi connectivity index (χ0v) is 13.0. The van der Waals surface area contributed by atoms with Gasteiger partial charge in [0.25, 0.3) is 0 Å². The van der Waals surface area contributed by atoms with Crippen LogP contribution in [0.1, 0.15) is 6.42 Å². The van der Waals surface area contributed by atoms with Crippen LogP contribution in [-0.2, 0) is 14.4 Å². The van der Waals surface area contributed by atoms with Crippen molar-refractivity contribution in [2.24, 2.45) is 23.7 Å². The second-order valence-electron chi connectivity index (χ2n) is 6.29. The van der Waals surface area contributed by atoms with Crippen molar-refractivity contribution in [3.63, 3.8) is 0 Å². The van der Waals surface area contributed by atoms with E-state index in [2.05, 4.69) is 5.32 Å². The highest BCUT2D eigenvalue weighted by molar-refractivity contribution is 6.33. The van der Waals surface area contributed by atoms with Crippen molar-refractivity contribution in [2.45, 2.75) is 6.42 Å². The summed E-state index contributed by atoms with van der Waals surface area (Å²) < 4.78 is 0. The summed E-state index contributed by atoms with van der Waals surface area (Å²) in [5, 5.41) is 3.07. The van der Waals surface area contributed by atoms with Crippen LogP contribution in [0, 0.1) is 23.7 Å². The number of nitrogens with one attached hydrogen (secondary N) is 1. The number of anilines is 1. The third-order valence-corrected chi connectivity index (χ3v) is 5.34. The molecular weight excluding hydrogens is 316 g/mol. The van der Waals surface area contributed by atoms with Crippen molar-refractivity contribution in [1.82, 2.24) is 4.90 Å². The molecule has 3 amide bonds. The first-order valence-electron chi connectivity index (χ1n) is 7.64. The molecule has 1 saturated heterocycles. The fourth-order valence-electron chi connectivity index (χ4n) is 4.02. The maximum absolute atomic E-state index is 12.5. The fourth-order valence-corrected chi connectivity index (χ4v) is 4.20. The number of halogens is 1. The van der Waals surface area contributed by atoms with E-state index in [1.165, 1.54) is 0 Å². The molecule has 1 aromatic carbocycles. The molecule has 1 aliphatic heterocycles. The molecule has 0 aromatic heterocycles. The predicted octanol–water partition coefficient (Wildman–Crippen LogP) is 2.09. The predicted molar refractivity (Wildman–Crippen MR) is 84.5 cm³/mol. The number of hydrogen-bond donors (Lipinski definition) is 1. The lowest BCUT2D eigenvalue weighted by Gasteiger charge is -2.17. The van der Waals surface area contributed by atoms with Gasteiger partial charge in [-0.2, -0.15) is 0 Å². The third kappa shape index (κ3) is 2.18. The van der Waals surface area contributed by atoms with Crippen LogP contribution < -0.4 is 5.32 Å². The number of carbonyl (C=O) groups is 3. The van der Waals surface area contributed by atoms with E-state index in [1.807, 2.05) is 12.2 Å². The summed E-state index contributed by atoms with van der Waals surface area (Å²) in [5.74, 6) is -1.09. The van der Waals surface area contributed by atoms with Gasteiger partial charge in [0.2, 0.25) is 17.7 Å². The second-order valence-corrected chi connectivity index (χ2v) is 6.70. The molecule has 1 N–H and O–H groups in total. The number of carbonyl (C=O) groups excluding carboxylic acids is 3. The molecule has 6 heteroatoms. The van der Waals surface area contributed by atoms with E-state index in [-0.39, 0.29) is 42.0 Å². The number of fused-ring (bicyclic) bond motifs is 5. The number of imide groups is 1. The first kappa shape index (κ1) is 14.5. The maximum atomic E-state index is 12.5. The summed E-state index contributed by atoms with van der Waals surface area (Å²) >= 11 is 6.00. The van der Waals surface area contributed by atoms with E-state index in [4.69, 9.17) is 11.6 Å². The minimum Gasteiger partial charge on any atom is -0.323 e. The van der Waals surface area contributed by atoms with Crippen molar-refractivity contribution >= 4 is 35.0 Å². The van der Waals surface area contributed by atoms with Gasteiger partial charge >= 0.3 is 0 Å². The van der Waals surface area contributed by atoms with Crippen molar-refractivity contribution in [2.75, 3.05) is 11.9 Å². The van der Waals surface area contributed by atoms with Gasteiger partial charge in [-0.15, -0.1) is 0 Å². The molecule has 0 spiro atoms. The Labute approximate surface area is 138 Å². The van der Waals surface area contributed by atoms with Crippen LogP contribution in [-0.4, -0.2) is 29.2 Å². The van der Waals surface area contributed by atoms with Gasteiger partial charge < -0.3 is 5.32 Å². The van der Waals surface area contributed by atoms with Gasteiger partial charge in [-0.3, -0.25) is 19.3 Å². The van der Waals surface area contributed by atoms with E-state index >= 15 is 0 Å². The molecule has 1 saturated carbocycles. The summed E-state index contributed by atoms with van der Waals surface area (Å²) in [7, 11) is 0. The summed E-state index contributed by atoms with van der Waals surface area (Å²) in [6.45, 7) is -0.255. The molecule has 4 atom stereocenters. The molecule has 5 nitrogen and oxygen atoms in total. The number of hydrogen-bond acceptors (Lipinski definition) is 3. The number of nitrogens with zero attached hydrogens (tertiary/aromatic N) is 1. The van der Waals surface area contributed by atoms with Crippen LogP contribution in [0.3, 0.4) is 0 Å². The minimum absolute atomic E-state index is 0.151. The number of likely N-dealkylation sites (tertiary alicyclic amines) is 1. The van der Waals surface area contributed by atoms with Crippen molar-refractivity contribution < 1.29 is 14.4 Å². The number of benzene rings is 1. The number of rotatable bonds is 3. The topological polar surface area (TPSA) is 66.5 Å². The second kappa shape index (κ2) is 5.20. The van der Waals surface area contributed by atoms with Crippen LogP contribution in [0.2, 0.25) is 5.02 Å². The molecule has 2 bridgehead atoms. The van der Waals surface area contributed by atoms with Crippen molar-refractivity contribution in [3.05, 3.63) is 41.4 Å². The van der Waals surface area contributed by atoms with Gasteiger partial charge in [0.1, 0.15) is 6.54 Å². The Bertz CT molecular complexity index is 715. The summed E-state index contributed by atoms with van der Waals surface area (Å²) in [5.41, 5.74) is 0.472. The lowest BCUT2D eigenvalue weighted by molar-refractivity contribution is -0.143. The Kier molecular flexibility index (Phi) is 3.27. The molecule has 2 aliphatic carbocycles. The first-order valence-corrected chi connectivity index (χ1v) is 8.02. The highest BCUT2D eigenvalue weighted by atomic mass is 35.5. The Morgan fingerprint density at radius 3 is 2.35 bits per heavy atom. The Balaban J connectivity index is 1.48. The lowest BCUT2D eigenvalue weighted by atomic mass is 9.85. The van der Waals surface area contributed by atoms with Crippen LogP contribution in [0.4, 0.5) is 5.69 Å². The monoisotopic (exact) mass is 330 g/mol. The Hall–Kier alpha value is -2.14. The lowest BCUT2D eigenvalue weighted by Crippen LogP contribution is -2.39. The SMILES string of the molecule is O=C(CN1C(=O)C2C3C=CC(C3)C2C1=O)Nc1ccccc1Cl. The van der Waals surface area contributed by atoms with Gasteiger partial charge in [0.15, 0.2) is 0 Å². The molecule has 23 heavy (non-hydrogen) atoms. The number of para-hydroxylation sites is 1. The normalized spacial score (nSPS) is 30.9. The van der Waals surface area contributed by atoms with E-state index in [9.17, 15) is 14.4 Å². The number of amides is 3. The molecule has 3 aliphatic rings. The van der Waals surface area contributed by atoms with Gasteiger partial charge in [0, 0.05) is 0 Å². The quantitative estimate of drug-likeness (QED) is 0.681. The molecule has 1 aromatic rings. The van der Waals surface area contributed by atoms with Crippen LogP contribution >= 0.6 is 11.6 Å². The largest absolute Gasteiger partial charge is 0.323 e. The average Bonchev–Trinajstić information content (AvgIpc) is 3.19. The zero-order chi connectivity index (χ0) is 16.1. The molecular formula is C17H15ClN2O3. The van der Waals surface area contributed by atoms with Crippen molar-refractivity contribution in [3.8, 4) is 0 Å². The van der Waals surface area contributed by atoms with Crippen molar-refractivity contribution in [1.29, 1.82) is 0 Å². The van der Waals surface area contributed by atoms with Gasteiger partial charge in [-0.1, -0.05) is 35.9 Å². The van der Waals surface area contributed by atoms with E-state index in [0.717, 1.165) is 11.3 Å². The molecule has 0 radical (unpaired) electrons. The van der Waals surface area contributed by atoms with Gasteiger partial charge in [-0.25, -0.2) is 0 Å². The van der Waals surface area contributed by atoms with E-state index < -0.39 is 5.91 Å². The Morgan fingerprint density at radius 2 is 1.74 bits per heavy atom. The molecule has 4 rings (SSSR count). The molecule has 118 valence electrons. The molecule has 1 heterocycles. The van der Waals surface area contributed by atoms with E-state index in [0.29, 0.717) is 10.7 Å². The molecule has 2 fully saturated rings. The van der Waals surface area contributed by atoms with Gasteiger partial charge in [-0.05, 0) is 30.4 Å². The smallest absolute Gasteiger partial charge is 0.244 e. The van der Waals surface area contributed by atoms with E-state index in [1.54, 1.807) is 24.3 Å². The summed E-state index contributed by atoms with van der Waals surface area (Å²) in [6.07, 6.45) is 4.95. The standard InChI is InChI=1S/C17H15ClN2O3/c18-11-3-1-2-4-12(11)19-13(21)8-20-16(22)14-9-5-6-10(7-9)15(14)17(20)23/h1-6,9-10,14-15H,7-8H2,(H,19,21). The van der Waals surface area contributed by atoms with Crippen LogP contribution in [0.15, 0.2) is 36.4 Å². The summed E-state index contributed by atoms with van der Waals surface area (Å²) in [6, 6.07) is 6.85. The fraction of sp³-hybridized carbons (Fsp3) is 0.353.